The summed E-state index contributed by atoms with van der Waals surface area (Å²) in [4.78, 5) is 31.5. The van der Waals surface area contributed by atoms with E-state index in [2.05, 4.69) is 99.2 Å². The molecular formula is C32H17I2N9. The average molecular weight is 781 g/mol. The highest BCUT2D eigenvalue weighted by Crippen LogP contribution is 2.50. The van der Waals surface area contributed by atoms with E-state index in [1.54, 1.807) is 0 Å². The summed E-state index contributed by atoms with van der Waals surface area (Å²) >= 11 is 4.78. The van der Waals surface area contributed by atoms with Crippen LogP contribution in [0.4, 0.5) is 0 Å². The third kappa shape index (κ3) is 3.10. The van der Waals surface area contributed by atoms with Crippen LogP contribution in [0.5, 0.6) is 0 Å². The summed E-state index contributed by atoms with van der Waals surface area (Å²) in [5.41, 5.74) is 10.9. The van der Waals surface area contributed by atoms with Crippen molar-refractivity contribution in [3.05, 3.63) is 141 Å². The van der Waals surface area contributed by atoms with Gasteiger partial charge in [-0.15, -0.1) is 0 Å². The fourth-order valence-corrected chi connectivity index (χ4v) is 8.40. The molecule has 43 heavy (non-hydrogen) atoms. The van der Waals surface area contributed by atoms with E-state index in [4.69, 9.17) is 30.0 Å². The predicted octanol–water partition coefficient (Wildman–Crippen LogP) is 4.89. The van der Waals surface area contributed by atoms with Crippen LogP contribution in [-0.4, -0.2) is 33.0 Å². The minimum absolute atomic E-state index is 0.614. The van der Waals surface area contributed by atoms with E-state index >= 15 is 0 Å². The molecule has 9 nitrogen and oxygen atoms in total. The lowest BCUT2D eigenvalue weighted by Gasteiger charge is -2.34. The lowest BCUT2D eigenvalue weighted by molar-refractivity contribution is 0.330. The van der Waals surface area contributed by atoms with Crippen molar-refractivity contribution in [3.63, 3.8) is 0 Å². The average Bonchev–Trinajstić information content (AvgIpc) is 3.68. The zero-order valence-electron chi connectivity index (χ0n) is 22.1. The quantitative estimate of drug-likeness (QED) is 0.138. The van der Waals surface area contributed by atoms with Gasteiger partial charge in [-0.2, -0.15) is 0 Å². The highest BCUT2D eigenvalue weighted by atomic mass is 127. The Labute approximate surface area is 271 Å². The molecule has 204 valence electrons. The van der Waals surface area contributed by atoms with Crippen LogP contribution < -0.4 is 16.5 Å². The van der Waals surface area contributed by atoms with Gasteiger partial charge in [-0.3, -0.25) is 0 Å². The van der Waals surface area contributed by atoms with E-state index < -0.39 is 7.34 Å². The second kappa shape index (κ2) is 8.23. The zero-order chi connectivity index (χ0) is 28.5. The van der Waals surface area contributed by atoms with E-state index in [0.29, 0.717) is 28.5 Å². The standard InChI is InChI=1S/C32H17I2N9/c33-31-23-15-7-5-13-21(23)27(38-31)37-29-20-12-4-3-11-19(20)28-36-25-17-9-1-2-10-18(17)26(35-25)39-32(34)24-16-8-6-14-22(24)30(40-31)43(32)41-42(28)29/h1-16,41H. The molecule has 5 aliphatic rings. The minimum atomic E-state index is -0.951. The Kier molecular flexibility index (Phi) is 4.63. The number of hydrogen-bond acceptors (Lipinski definition) is 8. The maximum Gasteiger partial charge on any atom is 0.233 e. The summed E-state index contributed by atoms with van der Waals surface area (Å²) in [7, 11) is 0. The van der Waals surface area contributed by atoms with Crippen molar-refractivity contribution in [2.75, 3.05) is 5.53 Å². The molecule has 0 spiro atoms. The fourth-order valence-electron chi connectivity index (χ4n) is 6.43. The lowest BCUT2D eigenvalue weighted by atomic mass is 10.1. The first-order valence-corrected chi connectivity index (χ1v) is 15.9. The molecule has 2 unspecified atom stereocenters. The van der Waals surface area contributed by atoms with Gasteiger partial charge < -0.3 is 0 Å². The number of nitrogens with zero attached hydrogens (tertiary/aromatic N) is 8. The first-order chi connectivity index (χ1) is 21.0. The van der Waals surface area contributed by atoms with Crippen LogP contribution in [0, 0.1) is 0 Å². The van der Waals surface area contributed by atoms with Crippen LogP contribution in [0.3, 0.4) is 0 Å². The third-order valence-electron chi connectivity index (χ3n) is 8.37. The molecule has 0 fully saturated rings. The number of rotatable bonds is 0. The van der Waals surface area contributed by atoms with Gasteiger partial charge in [0.1, 0.15) is 0 Å². The molecule has 0 amide bonds. The van der Waals surface area contributed by atoms with E-state index in [1.165, 1.54) is 0 Å². The van der Waals surface area contributed by atoms with Gasteiger partial charge in [-0.05, 0) is 45.2 Å². The molecule has 10 rings (SSSR count). The molecular weight excluding hydrogens is 764 g/mol. The molecule has 0 saturated heterocycles. The van der Waals surface area contributed by atoms with E-state index in [9.17, 15) is 0 Å². The summed E-state index contributed by atoms with van der Waals surface area (Å²) in [5.74, 6) is 2.59. The number of aliphatic imine (C=N–C) groups is 4. The SMILES string of the molecule is IC12N=C(N=c3c4ccccc4c4n3NN3C(=N1)c1ccccc1C3(I)N=C1N=C(N=4)c3ccccc31)c1ccccc12. The number of amidine groups is 4. The van der Waals surface area contributed by atoms with Gasteiger partial charge in [0, 0.05) is 44.2 Å². The normalized spacial score (nSPS) is 23.4. The molecule has 11 heteroatoms. The van der Waals surface area contributed by atoms with Gasteiger partial charge in [0.05, 0.1) is 0 Å². The number of fused-ring (bicyclic) bond motifs is 14. The lowest BCUT2D eigenvalue weighted by Crippen LogP contribution is -2.52. The molecule has 0 radical (unpaired) electrons. The Morgan fingerprint density at radius 1 is 0.535 bits per heavy atom. The van der Waals surface area contributed by atoms with Crippen LogP contribution in [0.2, 0.25) is 0 Å². The van der Waals surface area contributed by atoms with Crippen molar-refractivity contribution < 1.29 is 0 Å². The molecule has 0 saturated carbocycles. The van der Waals surface area contributed by atoms with Gasteiger partial charge in [0.2, 0.25) is 7.34 Å². The molecule has 0 aliphatic carbocycles. The maximum atomic E-state index is 5.42. The molecule has 2 atom stereocenters. The van der Waals surface area contributed by atoms with Crippen LogP contribution in [-0.2, 0) is 7.34 Å². The topological polar surface area (TPSA) is 94.4 Å². The number of aromatic nitrogens is 1. The largest absolute Gasteiger partial charge is 0.233 e. The summed E-state index contributed by atoms with van der Waals surface area (Å²) in [6, 6.07) is 32.8. The molecule has 6 bridgehead atoms. The Balaban J connectivity index is 1.44. The van der Waals surface area contributed by atoms with Crippen LogP contribution in [0.1, 0.15) is 33.4 Å². The summed E-state index contributed by atoms with van der Waals surface area (Å²) in [6.07, 6.45) is 0. The molecule has 4 aromatic carbocycles. The van der Waals surface area contributed by atoms with Gasteiger partial charge in [-0.25, -0.2) is 45.2 Å². The maximum absolute atomic E-state index is 5.42. The number of benzene rings is 4. The van der Waals surface area contributed by atoms with Crippen molar-refractivity contribution in [1.29, 1.82) is 0 Å². The van der Waals surface area contributed by atoms with Gasteiger partial charge in [0.25, 0.3) is 0 Å². The molecule has 6 heterocycles. The molecule has 5 aliphatic heterocycles. The second-order valence-corrected chi connectivity index (χ2v) is 13.7. The predicted molar refractivity (Wildman–Crippen MR) is 182 cm³/mol. The summed E-state index contributed by atoms with van der Waals surface area (Å²) < 4.78 is 0.0611. The van der Waals surface area contributed by atoms with Crippen molar-refractivity contribution in [2.24, 2.45) is 30.0 Å². The minimum Gasteiger partial charge on any atom is -0.227 e. The highest BCUT2D eigenvalue weighted by molar-refractivity contribution is 14.1. The van der Waals surface area contributed by atoms with Gasteiger partial charge >= 0.3 is 0 Å². The zero-order valence-corrected chi connectivity index (χ0v) is 26.4. The third-order valence-corrected chi connectivity index (χ3v) is 10.7. The first kappa shape index (κ1) is 24.2. The van der Waals surface area contributed by atoms with Crippen molar-refractivity contribution in [3.8, 4) is 0 Å². The van der Waals surface area contributed by atoms with Gasteiger partial charge in [0.15, 0.2) is 34.3 Å². The smallest absolute Gasteiger partial charge is 0.227 e. The highest BCUT2D eigenvalue weighted by Gasteiger charge is 2.51. The van der Waals surface area contributed by atoms with Crippen LogP contribution in [0.15, 0.2) is 127 Å². The Morgan fingerprint density at radius 3 is 1.84 bits per heavy atom. The number of nitrogens with one attached hydrogen (secondary N) is 1. The second-order valence-electron chi connectivity index (χ2n) is 10.7. The van der Waals surface area contributed by atoms with Crippen molar-refractivity contribution >= 4 is 79.3 Å². The monoisotopic (exact) mass is 781 g/mol. The Bertz CT molecular complexity index is 2390. The van der Waals surface area contributed by atoms with Crippen LogP contribution in [0.25, 0.3) is 10.8 Å². The Morgan fingerprint density at radius 2 is 1.09 bits per heavy atom. The van der Waals surface area contributed by atoms with Crippen LogP contribution >= 0.6 is 45.2 Å². The summed E-state index contributed by atoms with van der Waals surface area (Å²) in [6.45, 7) is 0. The molecule has 1 aromatic heterocycles. The summed E-state index contributed by atoms with van der Waals surface area (Å²) in [5, 5.41) is 3.91. The van der Waals surface area contributed by atoms with E-state index in [1.807, 2.05) is 58.2 Å². The van der Waals surface area contributed by atoms with E-state index in [0.717, 1.165) is 50.0 Å². The first-order valence-electron chi connectivity index (χ1n) is 13.7. The van der Waals surface area contributed by atoms with Crippen molar-refractivity contribution in [1.82, 2.24) is 9.69 Å². The van der Waals surface area contributed by atoms with Crippen molar-refractivity contribution in [2.45, 2.75) is 7.34 Å². The number of hydrogen-bond donors (Lipinski definition) is 1. The molecule has 1 N–H and O–H groups in total. The Hall–Kier alpha value is -4.24. The number of halogens is 2. The number of alkyl halides is 2. The van der Waals surface area contributed by atoms with Gasteiger partial charge in [-0.1, -0.05) is 97.1 Å². The van der Waals surface area contributed by atoms with E-state index in [-0.39, 0.29) is 0 Å². The molecule has 5 aromatic rings. The number of hydrazine groups is 1. The fraction of sp³-hybridized carbons (Fsp3) is 0.0625.